The summed E-state index contributed by atoms with van der Waals surface area (Å²) in [6.45, 7) is 0.745. The zero-order valence-electron chi connectivity index (χ0n) is 13.0. The predicted octanol–water partition coefficient (Wildman–Crippen LogP) is 3.71. The molecule has 2 aromatic heterocycles. The molecule has 0 amide bonds. The van der Waals surface area contributed by atoms with Crippen molar-refractivity contribution in [1.29, 1.82) is 0 Å². The number of imidazole rings is 1. The number of fused-ring (bicyclic) bond motifs is 1. The summed E-state index contributed by atoms with van der Waals surface area (Å²) in [6, 6.07) is 8.40. The van der Waals surface area contributed by atoms with Crippen LogP contribution in [0.3, 0.4) is 0 Å². The van der Waals surface area contributed by atoms with Crippen LogP contribution in [0, 0.1) is 10.1 Å². The Labute approximate surface area is 138 Å². The van der Waals surface area contributed by atoms with Crippen LogP contribution in [0.25, 0.3) is 22.3 Å². The average molecular weight is 324 g/mol. The van der Waals surface area contributed by atoms with E-state index in [1.807, 2.05) is 16.7 Å². The zero-order valence-corrected chi connectivity index (χ0v) is 13.0. The summed E-state index contributed by atoms with van der Waals surface area (Å²) in [5.74, 6) is 0. The van der Waals surface area contributed by atoms with Gasteiger partial charge in [0.2, 0.25) is 0 Å². The molecule has 7 heteroatoms. The predicted molar refractivity (Wildman–Crippen MR) is 88.5 cm³/mol. The van der Waals surface area contributed by atoms with E-state index in [-0.39, 0.29) is 11.9 Å². The van der Waals surface area contributed by atoms with Gasteiger partial charge in [-0.15, -0.1) is 0 Å². The van der Waals surface area contributed by atoms with E-state index in [0.717, 1.165) is 48.2 Å². The summed E-state index contributed by atoms with van der Waals surface area (Å²) in [5, 5.41) is 11.0. The topological polar surface area (TPSA) is 83.1 Å². The molecule has 24 heavy (non-hydrogen) atoms. The van der Waals surface area contributed by atoms with Crippen LogP contribution in [0.5, 0.6) is 0 Å². The second-order valence-corrected chi connectivity index (χ2v) is 5.81. The first-order valence-electron chi connectivity index (χ1n) is 7.92. The Hall–Kier alpha value is -2.80. The van der Waals surface area contributed by atoms with Gasteiger partial charge in [-0.1, -0.05) is 12.1 Å². The van der Waals surface area contributed by atoms with Gasteiger partial charge in [0.05, 0.1) is 11.3 Å². The van der Waals surface area contributed by atoms with E-state index >= 15 is 0 Å². The van der Waals surface area contributed by atoms with Crippen LogP contribution in [-0.2, 0) is 4.74 Å². The van der Waals surface area contributed by atoms with Gasteiger partial charge in [-0.3, -0.25) is 14.7 Å². The van der Waals surface area contributed by atoms with Crippen molar-refractivity contribution in [2.75, 3.05) is 6.61 Å². The number of hydrogen-bond acceptors (Lipinski definition) is 5. The quantitative estimate of drug-likeness (QED) is 0.542. The minimum atomic E-state index is -0.393. The number of benzene rings is 1. The fourth-order valence-corrected chi connectivity index (χ4v) is 3.11. The molecule has 4 rings (SSSR count). The third kappa shape index (κ3) is 2.52. The monoisotopic (exact) mass is 324 g/mol. The number of pyridine rings is 1. The zero-order chi connectivity index (χ0) is 16.5. The molecule has 0 aliphatic carbocycles. The first-order chi connectivity index (χ1) is 11.7. The highest BCUT2D eigenvalue weighted by atomic mass is 16.6. The second kappa shape index (κ2) is 6.01. The first-order valence-corrected chi connectivity index (χ1v) is 7.92. The summed E-state index contributed by atoms with van der Waals surface area (Å²) < 4.78 is 7.77. The van der Waals surface area contributed by atoms with Crippen LogP contribution in [0.4, 0.5) is 5.69 Å². The lowest BCUT2D eigenvalue weighted by Gasteiger charge is -2.23. The van der Waals surface area contributed by atoms with E-state index in [0.29, 0.717) is 0 Å². The number of nitro groups is 1. The standard InChI is InChI=1S/C17H16N4O3/c22-21(23)13-5-3-4-12(10-13)14-7-8-18-17-16(14)19-11-20(17)15-6-1-2-9-24-15/h3-5,7-8,10-11,15H,1-2,6,9H2. The molecule has 122 valence electrons. The average Bonchev–Trinajstić information content (AvgIpc) is 3.06. The van der Waals surface area contributed by atoms with Gasteiger partial charge in [0.25, 0.3) is 5.69 Å². The van der Waals surface area contributed by atoms with Crippen molar-refractivity contribution in [3.63, 3.8) is 0 Å². The SMILES string of the molecule is O=[N+]([O-])c1cccc(-c2ccnc3c2ncn3C2CCCCO2)c1. The Balaban J connectivity index is 1.81. The Bertz CT molecular complexity index is 900. The maximum absolute atomic E-state index is 11.0. The Morgan fingerprint density at radius 2 is 2.17 bits per heavy atom. The fraction of sp³-hybridized carbons (Fsp3) is 0.294. The van der Waals surface area contributed by atoms with Crippen LogP contribution in [-0.4, -0.2) is 26.1 Å². The van der Waals surface area contributed by atoms with Crippen LogP contribution in [0.15, 0.2) is 42.9 Å². The van der Waals surface area contributed by atoms with Crippen molar-refractivity contribution < 1.29 is 9.66 Å². The highest BCUT2D eigenvalue weighted by molar-refractivity contribution is 5.90. The van der Waals surface area contributed by atoms with Gasteiger partial charge in [0, 0.05) is 30.5 Å². The van der Waals surface area contributed by atoms with E-state index in [1.54, 1.807) is 24.7 Å². The fourth-order valence-electron chi connectivity index (χ4n) is 3.11. The molecule has 1 atom stereocenters. The summed E-state index contributed by atoms with van der Waals surface area (Å²) in [5.41, 5.74) is 3.12. The molecule has 1 aromatic carbocycles. The molecule has 1 fully saturated rings. The van der Waals surface area contributed by atoms with Gasteiger partial charge in [-0.25, -0.2) is 9.97 Å². The molecule has 0 N–H and O–H groups in total. The molecular weight excluding hydrogens is 308 g/mol. The van der Waals surface area contributed by atoms with E-state index in [9.17, 15) is 10.1 Å². The molecule has 0 spiro atoms. The van der Waals surface area contributed by atoms with Crippen molar-refractivity contribution >= 4 is 16.9 Å². The van der Waals surface area contributed by atoms with Crippen LogP contribution < -0.4 is 0 Å². The molecule has 1 aliphatic rings. The lowest BCUT2D eigenvalue weighted by Crippen LogP contribution is -2.17. The highest BCUT2D eigenvalue weighted by Crippen LogP contribution is 2.31. The van der Waals surface area contributed by atoms with E-state index < -0.39 is 4.92 Å². The van der Waals surface area contributed by atoms with Gasteiger partial charge in [0.15, 0.2) is 5.65 Å². The maximum Gasteiger partial charge on any atom is 0.270 e. The maximum atomic E-state index is 11.0. The molecule has 1 saturated heterocycles. The summed E-state index contributed by atoms with van der Waals surface area (Å²) in [6.07, 6.45) is 6.54. The summed E-state index contributed by atoms with van der Waals surface area (Å²) >= 11 is 0. The summed E-state index contributed by atoms with van der Waals surface area (Å²) in [4.78, 5) is 19.6. The van der Waals surface area contributed by atoms with Crippen molar-refractivity contribution in [2.45, 2.75) is 25.5 Å². The third-order valence-electron chi connectivity index (χ3n) is 4.29. The van der Waals surface area contributed by atoms with Crippen LogP contribution >= 0.6 is 0 Å². The number of aromatic nitrogens is 3. The number of rotatable bonds is 3. The first kappa shape index (κ1) is 14.8. The molecule has 3 heterocycles. The van der Waals surface area contributed by atoms with Crippen molar-refractivity contribution in [2.24, 2.45) is 0 Å². The Morgan fingerprint density at radius 1 is 1.25 bits per heavy atom. The minimum Gasteiger partial charge on any atom is -0.358 e. The number of ether oxygens (including phenoxy) is 1. The lowest BCUT2D eigenvalue weighted by atomic mass is 10.1. The van der Waals surface area contributed by atoms with Gasteiger partial charge in [-0.05, 0) is 30.9 Å². The highest BCUT2D eigenvalue weighted by Gasteiger charge is 2.20. The molecule has 0 radical (unpaired) electrons. The number of hydrogen-bond donors (Lipinski definition) is 0. The molecule has 0 bridgehead atoms. The molecule has 0 saturated carbocycles. The number of nitrogens with zero attached hydrogens (tertiary/aromatic N) is 4. The van der Waals surface area contributed by atoms with Crippen LogP contribution in [0.1, 0.15) is 25.5 Å². The summed E-state index contributed by atoms with van der Waals surface area (Å²) in [7, 11) is 0. The smallest absolute Gasteiger partial charge is 0.270 e. The number of non-ortho nitro benzene ring substituents is 1. The van der Waals surface area contributed by atoms with E-state index in [4.69, 9.17) is 4.74 Å². The molecule has 1 unspecified atom stereocenters. The lowest BCUT2D eigenvalue weighted by molar-refractivity contribution is -0.384. The largest absolute Gasteiger partial charge is 0.358 e. The van der Waals surface area contributed by atoms with Crippen molar-refractivity contribution in [3.8, 4) is 11.1 Å². The van der Waals surface area contributed by atoms with Gasteiger partial charge in [0.1, 0.15) is 11.7 Å². The van der Waals surface area contributed by atoms with Gasteiger partial charge < -0.3 is 4.74 Å². The normalized spacial score (nSPS) is 17.9. The molecule has 1 aliphatic heterocycles. The van der Waals surface area contributed by atoms with E-state index in [1.165, 1.54) is 6.07 Å². The molecular formula is C17H16N4O3. The Kier molecular flexibility index (Phi) is 3.70. The molecule has 7 nitrogen and oxygen atoms in total. The van der Waals surface area contributed by atoms with Crippen molar-refractivity contribution in [1.82, 2.24) is 14.5 Å². The Morgan fingerprint density at radius 3 is 2.96 bits per heavy atom. The van der Waals surface area contributed by atoms with E-state index in [2.05, 4.69) is 9.97 Å². The minimum absolute atomic E-state index is 0.0448. The van der Waals surface area contributed by atoms with Crippen LogP contribution in [0.2, 0.25) is 0 Å². The second-order valence-electron chi connectivity index (χ2n) is 5.81. The number of nitro benzene ring substituents is 1. The third-order valence-corrected chi connectivity index (χ3v) is 4.29. The van der Waals surface area contributed by atoms with Crippen molar-refractivity contribution in [3.05, 3.63) is 53.0 Å². The van der Waals surface area contributed by atoms with Gasteiger partial charge in [-0.2, -0.15) is 0 Å². The van der Waals surface area contributed by atoms with Gasteiger partial charge >= 0.3 is 0 Å². The molecule has 3 aromatic rings.